The van der Waals surface area contributed by atoms with Crippen molar-refractivity contribution in [2.24, 2.45) is 5.92 Å². The van der Waals surface area contributed by atoms with Crippen molar-refractivity contribution in [1.29, 1.82) is 0 Å². The molecule has 0 aromatic rings. The lowest BCUT2D eigenvalue weighted by molar-refractivity contribution is -0.168. The van der Waals surface area contributed by atoms with Crippen LogP contribution in [0.2, 0.25) is 0 Å². The predicted octanol–water partition coefficient (Wildman–Crippen LogP) is 3.13. The molecular formula is C16H31NO2. The predicted molar refractivity (Wildman–Crippen MR) is 78.4 cm³/mol. The number of ether oxygens (including phenoxy) is 2. The molecule has 1 aliphatic heterocycles. The Kier molecular flexibility index (Phi) is 5.27. The maximum absolute atomic E-state index is 6.61. The minimum atomic E-state index is 0.0721. The Bertz CT molecular complexity index is 264. The van der Waals surface area contributed by atoms with Crippen LogP contribution < -0.4 is 5.32 Å². The van der Waals surface area contributed by atoms with Gasteiger partial charge in [0.2, 0.25) is 0 Å². The van der Waals surface area contributed by atoms with Crippen molar-refractivity contribution in [2.75, 3.05) is 13.6 Å². The molecular weight excluding hydrogens is 238 g/mol. The minimum absolute atomic E-state index is 0.0721. The quantitative estimate of drug-likeness (QED) is 0.850. The zero-order chi connectivity index (χ0) is 13.9. The van der Waals surface area contributed by atoms with Crippen LogP contribution in [0.3, 0.4) is 0 Å². The average molecular weight is 269 g/mol. The second-order valence-electron chi connectivity index (χ2n) is 6.86. The van der Waals surface area contributed by atoms with Crippen LogP contribution in [0.4, 0.5) is 0 Å². The highest BCUT2D eigenvalue weighted by atomic mass is 16.5. The van der Waals surface area contributed by atoms with Gasteiger partial charge in [0.25, 0.3) is 0 Å². The average Bonchev–Trinajstić information content (AvgIpc) is 2.32. The molecule has 0 bridgehead atoms. The Morgan fingerprint density at radius 1 is 1.11 bits per heavy atom. The van der Waals surface area contributed by atoms with Crippen molar-refractivity contribution < 1.29 is 9.47 Å². The van der Waals surface area contributed by atoms with Gasteiger partial charge in [0.05, 0.1) is 23.9 Å². The van der Waals surface area contributed by atoms with Crippen molar-refractivity contribution in [2.45, 2.75) is 83.2 Å². The van der Waals surface area contributed by atoms with E-state index >= 15 is 0 Å². The van der Waals surface area contributed by atoms with Crippen molar-refractivity contribution in [3.63, 3.8) is 0 Å². The molecule has 3 heteroatoms. The number of nitrogens with one attached hydrogen (secondary N) is 1. The van der Waals surface area contributed by atoms with E-state index in [1.807, 2.05) is 7.05 Å². The van der Waals surface area contributed by atoms with Crippen molar-refractivity contribution in [3.8, 4) is 0 Å². The van der Waals surface area contributed by atoms with Gasteiger partial charge in [0, 0.05) is 6.54 Å². The number of hydrogen-bond donors (Lipinski definition) is 1. The van der Waals surface area contributed by atoms with Crippen LogP contribution in [-0.2, 0) is 9.47 Å². The zero-order valence-corrected chi connectivity index (χ0v) is 13.1. The van der Waals surface area contributed by atoms with Crippen LogP contribution >= 0.6 is 0 Å². The molecule has 2 aliphatic rings. The highest BCUT2D eigenvalue weighted by Crippen LogP contribution is 2.37. The van der Waals surface area contributed by atoms with E-state index in [2.05, 4.69) is 26.1 Å². The standard InChI is InChI=1S/C16H31NO2/c1-12-5-7-16(8-6-12,11-17-4)19-15-9-13(2)18-14(3)10-15/h12-15,17H,5-11H2,1-4H3. The van der Waals surface area contributed by atoms with E-state index in [9.17, 15) is 0 Å². The minimum Gasteiger partial charge on any atom is -0.375 e. The molecule has 1 aliphatic carbocycles. The Morgan fingerprint density at radius 2 is 1.68 bits per heavy atom. The summed E-state index contributed by atoms with van der Waals surface area (Å²) in [5.74, 6) is 0.862. The van der Waals surface area contributed by atoms with Crippen LogP contribution in [0.1, 0.15) is 59.3 Å². The summed E-state index contributed by atoms with van der Waals surface area (Å²) in [7, 11) is 2.04. The molecule has 0 aromatic heterocycles. The third kappa shape index (κ3) is 4.17. The molecule has 1 saturated carbocycles. The van der Waals surface area contributed by atoms with Gasteiger partial charge in [-0.1, -0.05) is 6.92 Å². The van der Waals surface area contributed by atoms with Crippen LogP contribution in [0.15, 0.2) is 0 Å². The summed E-state index contributed by atoms with van der Waals surface area (Å²) in [5.41, 5.74) is 0.0721. The number of likely N-dealkylation sites (N-methyl/N-ethyl adjacent to an activating group) is 1. The van der Waals surface area contributed by atoms with Crippen LogP contribution in [0.25, 0.3) is 0 Å². The Morgan fingerprint density at radius 3 is 2.21 bits per heavy atom. The number of rotatable bonds is 4. The normalized spacial score (nSPS) is 44.2. The second kappa shape index (κ2) is 6.55. The molecule has 112 valence electrons. The van der Waals surface area contributed by atoms with E-state index in [1.54, 1.807) is 0 Å². The largest absolute Gasteiger partial charge is 0.375 e. The first-order valence-electron chi connectivity index (χ1n) is 8.01. The molecule has 19 heavy (non-hydrogen) atoms. The fraction of sp³-hybridized carbons (Fsp3) is 1.00. The van der Waals surface area contributed by atoms with E-state index in [0.717, 1.165) is 25.3 Å². The van der Waals surface area contributed by atoms with Gasteiger partial charge in [-0.2, -0.15) is 0 Å². The summed E-state index contributed by atoms with van der Waals surface area (Å²) in [6.07, 6.45) is 8.15. The zero-order valence-electron chi connectivity index (χ0n) is 13.1. The molecule has 0 spiro atoms. The van der Waals surface area contributed by atoms with Crippen LogP contribution in [-0.4, -0.2) is 37.5 Å². The Labute approximate surface area is 118 Å². The lowest BCUT2D eigenvalue weighted by Gasteiger charge is -2.44. The summed E-state index contributed by atoms with van der Waals surface area (Å²) in [6, 6.07) is 0. The molecule has 1 N–H and O–H groups in total. The van der Waals surface area contributed by atoms with Gasteiger partial charge < -0.3 is 14.8 Å². The van der Waals surface area contributed by atoms with Gasteiger partial charge in [-0.05, 0) is 65.3 Å². The maximum Gasteiger partial charge on any atom is 0.0810 e. The third-order valence-electron chi connectivity index (χ3n) is 4.76. The van der Waals surface area contributed by atoms with E-state index in [1.165, 1.54) is 25.7 Å². The maximum atomic E-state index is 6.61. The van der Waals surface area contributed by atoms with E-state index in [-0.39, 0.29) is 5.60 Å². The molecule has 2 rings (SSSR count). The molecule has 1 saturated heterocycles. The first-order chi connectivity index (χ1) is 9.03. The molecule has 2 fully saturated rings. The fourth-order valence-corrected chi connectivity index (χ4v) is 3.74. The highest BCUT2D eigenvalue weighted by Gasteiger charge is 2.38. The van der Waals surface area contributed by atoms with Gasteiger partial charge in [0.1, 0.15) is 0 Å². The molecule has 0 radical (unpaired) electrons. The third-order valence-corrected chi connectivity index (χ3v) is 4.76. The van der Waals surface area contributed by atoms with Gasteiger partial charge in [0.15, 0.2) is 0 Å². The second-order valence-corrected chi connectivity index (χ2v) is 6.86. The van der Waals surface area contributed by atoms with Gasteiger partial charge in [-0.25, -0.2) is 0 Å². The molecule has 1 heterocycles. The highest BCUT2D eigenvalue weighted by molar-refractivity contribution is 4.90. The molecule has 2 unspecified atom stereocenters. The van der Waals surface area contributed by atoms with E-state index < -0.39 is 0 Å². The molecule has 3 nitrogen and oxygen atoms in total. The summed E-state index contributed by atoms with van der Waals surface area (Å²) in [5, 5.41) is 3.35. The summed E-state index contributed by atoms with van der Waals surface area (Å²) >= 11 is 0. The van der Waals surface area contributed by atoms with Crippen molar-refractivity contribution in [3.05, 3.63) is 0 Å². The first-order valence-corrected chi connectivity index (χ1v) is 8.01. The Balaban J connectivity index is 1.96. The van der Waals surface area contributed by atoms with Crippen LogP contribution in [0.5, 0.6) is 0 Å². The van der Waals surface area contributed by atoms with Crippen LogP contribution in [0, 0.1) is 5.92 Å². The number of hydrogen-bond acceptors (Lipinski definition) is 3. The smallest absolute Gasteiger partial charge is 0.0810 e. The SMILES string of the molecule is CNCC1(OC2CC(C)OC(C)C2)CCC(C)CC1. The molecule has 0 amide bonds. The fourth-order valence-electron chi connectivity index (χ4n) is 3.74. The van der Waals surface area contributed by atoms with Crippen molar-refractivity contribution >= 4 is 0 Å². The van der Waals surface area contributed by atoms with E-state index in [0.29, 0.717) is 18.3 Å². The van der Waals surface area contributed by atoms with Gasteiger partial charge in [-0.3, -0.25) is 0 Å². The molecule has 0 aromatic carbocycles. The topological polar surface area (TPSA) is 30.5 Å². The van der Waals surface area contributed by atoms with Crippen molar-refractivity contribution in [1.82, 2.24) is 5.32 Å². The first kappa shape index (κ1) is 15.3. The monoisotopic (exact) mass is 269 g/mol. The summed E-state index contributed by atoms with van der Waals surface area (Å²) in [4.78, 5) is 0. The van der Waals surface area contributed by atoms with E-state index in [4.69, 9.17) is 9.47 Å². The lowest BCUT2D eigenvalue weighted by Crippen LogP contribution is -2.49. The molecule has 2 atom stereocenters. The summed E-state index contributed by atoms with van der Waals surface area (Å²) < 4.78 is 12.4. The summed E-state index contributed by atoms with van der Waals surface area (Å²) in [6.45, 7) is 7.68. The Hall–Kier alpha value is -0.120. The van der Waals surface area contributed by atoms with Gasteiger partial charge >= 0.3 is 0 Å². The van der Waals surface area contributed by atoms with Gasteiger partial charge in [-0.15, -0.1) is 0 Å². The lowest BCUT2D eigenvalue weighted by atomic mass is 9.79.